The van der Waals surface area contributed by atoms with Gasteiger partial charge in [0.25, 0.3) is 0 Å². The predicted molar refractivity (Wildman–Crippen MR) is 103 cm³/mol. The highest BCUT2D eigenvalue weighted by atomic mass is 16.3. The van der Waals surface area contributed by atoms with Gasteiger partial charge in [0.2, 0.25) is 5.91 Å². The fourth-order valence-electron chi connectivity index (χ4n) is 2.72. The van der Waals surface area contributed by atoms with Gasteiger partial charge in [-0.05, 0) is 35.6 Å². The number of aliphatic hydroxyl groups is 1. The van der Waals surface area contributed by atoms with E-state index >= 15 is 0 Å². The zero-order valence-electron chi connectivity index (χ0n) is 15.1. The van der Waals surface area contributed by atoms with E-state index in [2.05, 4.69) is 37.4 Å². The van der Waals surface area contributed by atoms with Gasteiger partial charge in [0.1, 0.15) is 0 Å². The molecule has 0 bridgehead atoms. The molecule has 0 aliphatic heterocycles. The monoisotopic (exact) mass is 340 g/mol. The van der Waals surface area contributed by atoms with Crippen molar-refractivity contribution in [1.82, 2.24) is 4.90 Å². The van der Waals surface area contributed by atoms with Crippen LogP contribution in [0, 0.1) is 0 Å². The molecule has 4 nitrogen and oxygen atoms in total. The third-order valence-corrected chi connectivity index (χ3v) is 4.18. The number of anilines is 1. The largest absolute Gasteiger partial charge is 0.395 e. The number of hydrogen-bond donors (Lipinski definition) is 2. The summed E-state index contributed by atoms with van der Waals surface area (Å²) in [5.41, 5.74) is 3.26. The molecule has 0 atom stereocenters. The van der Waals surface area contributed by atoms with Crippen LogP contribution in [0.2, 0.25) is 0 Å². The van der Waals surface area contributed by atoms with Gasteiger partial charge in [-0.15, -0.1) is 0 Å². The van der Waals surface area contributed by atoms with Crippen molar-refractivity contribution in [2.75, 3.05) is 31.6 Å². The summed E-state index contributed by atoms with van der Waals surface area (Å²) in [5.74, 6) is 0.371. The van der Waals surface area contributed by atoms with Crippen LogP contribution in [-0.4, -0.2) is 42.2 Å². The minimum atomic E-state index is -0.0533. The number of carbonyl (C=O) groups excluding carboxylic acids is 1. The molecule has 0 radical (unpaired) electrons. The smallest absolute Gasteiger partial charge is 0.238 e. The van der Waals surface area contributed by atoms with Crippen molar-refractivity contribution in [3.63, 3.8) is 0 Å². The van der Waals surface area contributed by atoms with E-state index in [1.54, 1.807) is 0 Å². The SMILES string of the molecule is CC(C)c1cccc(NC(=O)CN(CCO)CCc2ccccc2)c1. The first-order valence-corrected chi connectivity index (χ1v) is 8.85. The Kier molecular flexibility index (Phi) is 7.64. The Balaban J connectivity index is 1.89. The molecule has 134 valence electrons. The van der Waals surface area contributed by atoms with Gasteiger partial charge in [-0.25, -0.2) is 0 Å². The minimum absolute atomic E-state index is 0.0465. The van der Waals surface area contributed by atoms with Gasteiger partial charge in [-0.1, -0.05) is 56.3 Å². The molecule has 2 aromatic carbocycles. The lowest BCUT2D eigenvalue weighted by molar-refractivity contribution is -0.117. The van der Waals surface area contributed by atoms with Gasteiger partial charge in [0.05, 0.1) is 13.2 Å². The van der Waals surface area contributed by atoms with Gasteiger partial charge in [0.15, 0.2) is 0 Å². The summed E-state index contributed by atoms with van der Waals surface area (Å²) in [6.45, 7) is 5.82. The average Bonchev–Trinajstić information content (AvgIpc) is 2.61. The topological polar surface area (TPSA) is 52.6 Å². The first kappa shape index (κ1) is 19.2. The molecule has 0 aromatic heterocycles. The standard InChI is InChI=1S/C21H28N2O2/c1-17(2)19-9-6-10-20(15-19)22-21(25)16-23(13-14-24)12-11-18-7-4-3-5-8-18/h3-10,15,17,24H,11-14,16H2,1-2H3,(H,22,25). The third kappa shape index (κ3) is 6.69. The van der Waals surface area contributed by atoms with E-state index in [-0.39, 0.29) is 19.1 Å². The van der Waals surface area contributed by atoms with E-state index in [1.165, 1.54) is 11.1 Å². The summed E-state index contributed by atoms with van der Waals surface area (Å²) < 4.78 is 0. The highest BCUT2D eigenvalue weighted by Crippen LogP contribution is 2.18. The molecular formula is C21H28N2O2. The van der Waals surface area contributed by atoms with Crippen molar-refractivity contribution in [1.29, 1.82) is 0 Å². The lowest BCUT2D eigenvalue weighted by atomic mass is 10.0. The lowest BCUT2D eigenvalue weighted by Crippen LogP contribution is -2.36. The van der Waals surface area contributed by atoms with Crippen molar-refractivity contribution in [3.05, 3.63) is 65.7 Å². The molecule has 0 aliphatic carbocycles. The average molecular weight is 340 g/mol. The molecule has 25 heavy (non-hydrogen) atoms. The van der Waals surface area contributed by atoms with Crippen molar-refractivity contribution < 1.29 is 9.90 Å². The van der Waals surface area contributed by atoms with E-state index in [0.717, 1.165) is 18.7 Å². The number of nitrogens with zero attached hydrogens (tertiary/aromatic N) is 1. The zero-order chi connectivity index (χ0) is 18.1. The van der Waals surface area contributed by atoms with Crippen LogP contribution in [0.15, 0.2) is 54.6 Å². The van der Waals surface area contributed by atoms with E-state index in [4.69, 9.17) is 0 Å². The van der Waals surface area contributed by atoms with E-state index in [0.29, 0.717) is 12.5 Å². The Bertz CT molecular complexity index is 656. The van der Waals surface area contributed by atoms with Crippen molar-refractivity contribution in [2.45, 2.75) is 26.2 Å². The highest BCUT2D eigenvalue weighted by Gasteiger charge is 2.11. The van der Waals surface area contributed by atoms with Gasteiger partial charge in [0, 0.05) is 18.8 Å². The van der Waals surface area contributed by atoms with Crippen LogP contribution in [0.3, 0.4) is 0 Å². The van der Waals surface area contributed by atoms with Crippen LogP contribution >= 0.6 is 0 Å². The van der Waals surface area contributed by atoms with E-state index < -0.39 is 0 Å². The number of hydrogen-bond acceptors (Lipinski definition) is 3. The Morgan fingerprint density at radius 2 is 1.84 bits per heavy atom. The van der Waals surface area contributed by atoms with E-state index in [1.807, 2.05) is 41.3 Å². The number of rotatable bonds is 9. The van der Waals surface area contributed by atoms with Crippen LogP contribution in [0.1, 0.15) is 30.9 Å². The lowest BCUT2D eigenvalue weighted by Gasteiger charge is -2.21. The number of carbonyl (C=O) groups is 1. The molecule has 2 aromatic rings. The number of benzene rings is 2. The summed E-state index contributed by atoms with van der Waals surface area (Å²) in [6.07, 6.45) is 0.858. The normalized spacial score (nSPS) is 11.1. The van der Waals surface area contributed by atoms with Crippen LogP contribution < -0.4 is 5.32 Å². The van der Waals surface area contributed by atoms with Gasteiger partial charge in [-0.3, -0.25) is 9.69 Å². The summed E-state index contributed by atoms with van der Waals surface area (Å²) >= 11 is 0. The van der Waals surface area contributed by atoms with E-state index in [9.17, 15) is 9.90 Å². The zero-order valence-corrected chi connectivity index (χ0v) is 15.1. The Morgan fingerprint density at radius 3 is 2.52 bits per heavy atom. The molecule has 0 aliphatic rings. The molecule has 0 spiro atoms. The quantitative estimate of drug-likeness (QED) is 0.736. The molecule has 2 rings (SSSR count). The fourth-order valence-corrected chi connectivity index (χ4v) is 2.72. The van der Waals surface area contributed by atoms with Gasteiger partial charge >= 0.3 is 0 Å². The third-order valence-electron chi connectivity index (χ3n) is 4.18. The first-order chi connectivity index (χ1) is 12.1. The molecule has 0 unspecified atom stereocenters. The van der Waals surface area contributed by atoms with Crippen molar-refractivity contribution in [3.8, 4) is 0 Å². The number of amides is 1. The molecule has 0 heterocycles. The van der Waals surface area contributed by atoms with Crippen LogP contribution in [0.25, 0.3) is 0 Å². The minimum Gasteiger partial charge on any atom is -0.395 e. The maximum atomic E-state index is 12.4. The summed E-state index contributed by atoms with van der Waals surface area (Å²) in [5, 5.41) is 12.2. The molecule has 0 saturated carbocycles. The summed E-state index contributed by atoms with van der Waals surface area (Å²) in [4.78, 5) is 14.3. The van der Waals surface area contributed by atoms with Gasteiger partial charge < -0.3 is 10.4 Å². The second-order valence-corrected chi connectivity index (χ2v) is 6.56. The fraction of sp³-hybridized carbons (Fsp3) is 0.381. The summed E-state index contributed by atoms with van der Waals surface area (Å²) in [6, 6.07) is 18.1. The molecule has 1 amide bonds. The Hall–Kier alpha value is -2.17. The van der Waals surface area contributed by atoms with Crippen molar-refractivity contribution in [2.24, 2.45) is 0 Å². The molecule has 0 fully saturated rings. The first-order valence-electron chi connectivity index (χ1n) is 8.85. The maximum Gasteiger partial charge on any atom is 0.238 e. The van der Waals surface area contributed by atoms with Crippen molar-refractivity contribution >= 4 is 11.6 Å². The Morgan fingerprint density at radius 1 is 1.08 bits per heavy atom. The van der Waals surface area contributed by atoms with Crippen LogP contribution in [0.4, 0.5) is 5.69 Å². The van der Waals surface area contributed by atoms with Gasteiger partial charge in [-0.2, -0.15) is 0 Å². The molecule has 4 heteroatoms. The second-order valence-electron chi connectivity index (χ2n) is 6.56. The molecular weight excluding hydrogens is 312 g/mol. The number of aliphatic hydroxyl groups excluding tert-OH is 1. The van der Waals surface area contributed by atoms with Crippen LogP contribution in [-0.2, 0) is 11.2 Å². The number of nitrogens with one attached hydrogen (secondary N) is 1. The maximum absolute atomic E-state index is 12.4. The Labute approximate surface area is 150 Å². The van der Waals surface area contributed by atoms with Crippen LogP contribution in [0.5, 0.6) is 0 Å². The molecule has 2 N–H and O–H groups in total. The highest BCUT2D eigenvalue weighted by molar-refractivity contribution is 5.92. The second kappa shape index (κ2) is 9.97. The predicted octanol–water partition coefficient (Wildman–Crippen LogP) is 3.29. The summed E-state index contributed by atoms with van der Waals surface area (Å²) in [7, 11) is 0. The molecule has 0 saturated heterocycles.